The quantitative estimate of drug-likeness (QED) is 0.623. The Bertz CT molecular complexity index is 734. The molecule has 1 amide bonds. The average Bonchev–Trinajstić information content (AvgIpc) is 3.30. The third-order valence-electron chi connectivity index (χ3n) is 4.99. The minimum absolute atomic E-state index is 0.0562. The molecule has 4 heteroatoms. The Balaban J connectivity index is 1.54. The Hall–Kier alpha value is -1.94. The molecular weight excluding hydrogens is 342 g/mol. The molecule has 0 bridgehead atoms. The number of carbonyl (C=O) groups is 2. The lowest BCUT2D eigenvalue weighted by molar-refractivity contribution is -0.132. The van der Waals surface area contributed by atoms with Crippen molar-refractivity contribution in [2.45, 2.75) is 52.0 Å². The summed E-state index contributed by atoms with van der Waals surface area (Å²) in [6.45, 7) is 5.18. The third kappa shape index (κ3) is 4.61. The normalized spacial score (nSPS) is 17.0. The van der Waals surface area contributed by atoms with Gasteiger partial charge in [-0.05, 0) is 53.1 Å². The SMILES string of the molecule is CC(C)Cc1ccc(C(=O)CCC(=O)N2CCCC2c2ccsc2)cc1. The molecule has 138 valence electrons. The van der Waals surface area contributed by atoms with Crippen molar-refractivity contribution in [2.75, 3.05) is 6.54 Å². The summed E-state index contributed by atoms with van der Waals surface area (Å²) in [4.78, 5) is 27.0. The van der Waals surface area contributed by atoms with Crippen molar-refractivity contribution in [1.82, 2.24) is 4.90 Å². The van der Waals surface area contributed by atoms with Crippen LogP contribution in [0.1, 0.15) is 67.1 Å². The maximum Gasteiger partial charge on any atom is 0.223 e. The van der Waals surface area contributed by atoms with Crippen LogP contribution >= 0.6 is 11.3 Å². The van der Waals surface area contributed by atoms with E-state index in [1.165, 1.54) is 11.1 Å². The zero-order chi connectivity index (χ0) is 18.5. The molecule has 26 heavy (non-hydrogen) atoms. The number of thiophene rings is 1. The minimum atomic E-state index is 0.0562. The van der Waals surface area contributed by atoms with Crippen LogP contribution in [0.4, 0.5) is 0 Å². The predicted molar refractivity (Wildman–Crippen MR) is 107 cm³/mol. The second-order valence-corrected chi connectivity index (χ2v) is 8.30. The van der Waals surface area contributed by atoms with E-state index in [1.807, 2.05) is 29.2 Å². The highest BCUT2D eigenvalue weighted by Crippen LogP contribution is 2.33. The van der Waals surface area contributed by atoms with E-state index in [4.69, 9.17) is 0 Å². The summed E-state index contributed by atoms with van der Waals surface area (Å²) in [5.74, 6) is 0.759. The summed E-state index contributed by atoms with van der Waals surface area (Å²) in [6, 6.07) is 10.2. The van der Waals surface area contributed by atoms with Gasteiger partial charge in [0.05, 0.1) is 6.04 Å². The summed E-state index contributed by atoms with van der Waals surface area (Å²) in [7, 11) is 0. The van der Waals surface area contributed by atoms with Gasteiger partial charge in [0.15, 0.2) is 5.78 Å². The van der Waals surface area contributed by atoms with E-state index in [0.29, 0.717) is 17.9 Å². The van der Waals surface area contributed by atoms with Crippen LogP contribution in [0.15, 0.2) is 41.1 Å². The van der Waals surface area contributed by atoms with Crippen LogP contribution in [0.2, 0.25) is 0 Å². The molecule has 1 fully saturated rings. The van der Waals surface area contributed by atoms with Crippen LogP contribution in [-0.2, 0) is 11.2 Å². The van der Waals surface area contributed by atoms with E-state index < -0.39 is 0 Å². The molecule has 1 aliphatic rings. The Kier molecular flexibility index (Phi) is 6.25. The fourth-order valence-corrected chi connectivity index (χ4v) is 4.39. The first-order chi connectivity index (χ1) is 12.5. The highest BCUT2D eigenvalue weighted by Gasteiger charge is 2.30. The van der Waals surface area contributed by atoms with Crippen molar-refractivity contribution in [3.8, 4) is 0 Å². The van der Waals surface area contributed by atoms with E-state index in [2.05, 4.69) is 30.7 Å². The first-order valence-corrected chi connectivity index (χ1v) is 10.4. The van der Waals surface area contributed by atoms with Gasteiger partial charge in [0, 0.05) is 24.9 Å². The maximum absolute atomic E-state index is 12.6. The number of likely N-dealkylation sites (tertiary alicyclic amines) is 1. The number of Topliss-reactive ketones (excluding diaryl/α,β-unsaturated/α-hetero) is 1. The zero-order valence-corrected chi connectivity index (χ0v) is 16.4. The second-order valence-electron chi connectivity index (χ2n) is 7.52. The first-order valence-electron chi connectivity index (χ1n) is 9.48. The van der Waals surface area contributed by atoms with Crippen LogP contribution < -0.4 is 0 Å². The number of hydrogen-bond donors (Lipinski definition) is 0. The number of rotatable bonds is 7. The molecule has 2 heterocycles. The van der Waals surface area contributed by atoms with Gasteiger partial charge < -0.3 is 4.90 Å². The Morgan fingerprint density at radius 3 is 2.58 bits per heavy atom. The number of ketones is 1. The standard InChI is InChI=1S/C22H27NO2S/c1-16(2)14-17-5-7-18(8-6-17)21(24)9-10-22(25)23-12-3-4-20(23)19-11-13-26-15-19/h5-8,11,13,15-16,20H,3-4,9-10,12,14H2,1-2H3. The van der Waals surface area contributed by atoms with E-state index in [-0.39, 0.29) is 24.2 Å². The molecule has 3 rings (SSSR count). The van der Waals surface area contributed by atoms with Gasteiger partial charge in [-0.2, -0.15) is 11.3 Å². The van der Waals surface area contributed by atoms with E-state index in [0.717, 1.165) is 25.8 Å². The number of benzene rings is 1. The molecule has 2 aromatic rings. The molecule has 1 aromatic heterocycles. The van der Waals surface area contributed by atoms with Crippen LogP contribution in [0.3, 0.4) is 0 Å². The van der Waals surface area contributed by atoms with Crippen molar-refractivity contribution in [2.24, 2.45) is 5.92 Å². The monoisotopic (exact) mass is 369 g/mol. The van der Waals surface area contributed by atoms with Crippen LogP contribution in [0.5, 0.6) is 0 Å². The summed E-state index contributed by atoms with van der Waals surface area (Å²) in [5.41, 5.74) is 3.19. The number of amides is 1. The summed E-state index contributed by atoms with van der Waals surface area (Å²) in [6.07, 6.45) is 3.67. The van der Waals surface area contributed by atoms with Gasteiger partial charge in [-0.15, -0.1) is 0 Å². The van der Waals surface area contributed by atoms with E-state index in [9.17, 15) is 9.59 Å². The first kappa shape index (κ1) is 18.8. The van der Waals surface area contributed by atoms with Crippen LogP contribution in [-0.4, -0.2) is 23.1 Å². The Morgan fingerprint density at radius 2 is 1.92 bits per heavy atom. The lowest BCUT2D eigenvalue weighted by Gasteiger charge is -2.24. The fourth-order valence-electron chi connectivity index (χ4n) is 3.68. The molecule has 1 saturated heterocycles. The Labute approximate surface area is 160 Å². The molecule has 0 N–H and O–H groups in total. The maximum atomic E-state index is 12.6. The van der Waals surface area contributed by atoms with Crippen LogP contribution in [0, 0.1) is 5.92 Å². The van der Waals surface area contributed by atoms with Gasteiger partial charge >= 0.3 is 0 Å². The molecule has 0 aliphatic carbocycles. The molecule has 1 aromatic carbocycles. The minimum Gasteiger partial charge on any atom is -0.336 e. The summed E-state index contributed by atoms with van der Waals surface area (Å²) < 4.78 is 0. The number of nitrogens with zero attached hydrogens (tertiary/aromatic N) is 1. The van der Waals surface area contributed by atoms with Gasteiger partial charge in [0.1, 0.15) is 0 Å². The molecule has 0 spiro atoms. The average molecular weight is 370 g/mol. The molecule has 1 atom stereocenters. The summed E-state index contributed by atoms with van der Waals surface area (Å²) in [5, 5.41) is 4.18. The zero-order valence-electron chi connectivity index (χ0n) is 15.6. The lowest BCUT2D eigenvalue weighted by atomic mass is 9.99. The van der Waals surface area contributed by atoms with Crippen molar-refractivity contribution in [3.63, 3.8) is 0 Å². The lowest BCUT2D eigenvalue weighted by Crippen LogP contribution is -2.30. The predicted octanol–water partition coefficient (Wildman–Crippen LogP) is 5.27. The van der Waals surface area contributed by atoms with Gasteiger partial charge in [-0.1, -0.05) is 38.1 Å². The van der Waals surface area contributed by atoms with Crippen molar-refractivity contribution >= 4 is 23.0 Å². The fraction of sp³-hybridized carbons (Fsp3) is 0.455. The smallest absolute Gasteiger partial charge is 0.223 e. The van der Waals surface area contributed by atoms with Gasteiger partial charge in [-0.3, -0.25) is 9.59 Å². The van der Waals surface area contributed by atoms with Crippen LogP contribution in [0.25, 0.3) is 0 Å². The van der Waals surface area contributed by atoms with Crippen molar-refractivity contribution in [3.05, 3.63) is 57.8 Å². The van der Waals surface area contributed by atoms with E-state index >= 15 is 0 Å². The number of hydrogen-bond acceptors (Lipinski definition) is 3. The molecule has 3 nitrogen and oxygen atoms in total. The van der Waals surface area contributed by atoms with Gasteiger partial charge in [0.25, 0.3) is 0 Å². The number of carbonyl (C=O) groups excluding carboxylic acids is 2. The largest absolute Gasteiger partial charge is 0.336 e. The van der Waals surface area contributed by atoms with Crippen molar-refractivity contribution in [1.29, 1.82) is 0 Å². The van der Waals surface area contributed by atoms with Gasteiger partial charge in [-0.25, -0.2) is 0 Å². The molecule has 1 unspecified atom stereocenters. The molecule has 0 saturated carbocycles. The van der Waals surface area contributed by atoms with E-state index in [1.54, 1.807) is 11.3 Å². The molecule has 1 aliphatic heterocycles. The summed E-state index contributed by atoms with van der Waals surface area (Å²) >= 11 is 1.67. The molecular formula is C22H27NO2S. The second kappa shape index (κ2) is 8.63. The third-order valence-corrected chi connectivity index (χ3v) is 5.69. The van der Waals surface area contributed by atoms with Crippen molar-refractivity contribution < 1.29 is 9.59 Å². The Morgan fingerprint density at radius 1 is 1.15 bits per heavy atom. The topological polar surface area (TPSA) is 37.4 Å². The highest BCUT2D eigenvalue weighted by atomic mass is 32.1. The molecule has 0 radical (unpaired) electrons. The highest BCUT2D eigenvalue weighted by molar-refractivity contribution is 7.08. The van der Waals surface area contributed by atoms with Gasteiger partial charge in [0.2, 0.25) is 5.91 Å².